The molecule has 1 saturated heterocycles. The van der Waals surface area contributed by atoms with Crippen LogP contribution in [-0.2, 0) is 20.4 Å². The van der Waals surface area contributed by atoms with Gasteiger partial charge in [-0.25, -0.2) is 4.39 Å². The Labute approximate surface area is 202 Å². The fraction of sp³-hybridized carbons (Fsp3) is 0.444. The lowest BCUT2D eigenvalue weighted by Crippen LogP contribution is -2.37. The average molecular weight is 481 g/mol. The zero-order chi connectivity index (χ0) is 24.5. The molecule has 0 spiro atoms. The number of anilines is 1. The topological polar surface area (TPSA) is 73.2 Å². The van der Waals surface area contributed by atoms with E-state index in [9.17, 15) is 10.0 Å². The Balaban J connectivity index is 1.38. The standard InChI is InChI=1S/C27H29FN2O5/c1-26(2,3)24-11-16-10-21(19(28)13-20(16)29(24)18-6-9-33-14-18)30(32)25(31)27(7-8-27)17-4-5-22-23(12-17)35-15-34-22/h4-5,10-13,18,32H,6-9,14-15H2,1-3H3. The van der Waals surface area contributed by atoms with Gasteiger partial charge in [-0.3, -0.25) is 10.0 Å². The fourth-order valence-electron chi connectivity index (χ4n) is 5.35. The van der Waals surface area contributed by atoms with Crippen LogP contribution in [-0.4, -0.2) is 35.7 Å². The summed E-state index contributed by atoms with van der Waals surface area (Å²) in [4.78, 5) is 13.5. The molecular formula is C27H29FN2O5. The van der Waals surface area contributed by atoms with E-state index >= 15 is 4.39 Å². The summed E-state index contributed by atoms with van der Waals surface area (Å²) in [6.45, 7) is 7.76. The molecule has 1 N–H and O–H groups in total. The molecule has 1 saturated carbocycles. The van der Waals surface area contributed by atoms with Crippen LogP contribution in [0.15, 0.2) is 36.4 Å². The number of rotatable bonds is 4. The highest BCUT2D eigenvalue weighted by Crippen LogP contribution is 2.52. The molecule has 3 heterocycles. The number of fused-ring (bicyclic) bond motifs is 2. The monoisotopic (exact) mass is 480 g/mol. The number of hydroxylamine groups is 1. The number of hydrogen-bond donors (Lipinski definition) is 1. The van der Waals surface area contributed by atoms with Crippen LogP contribution >= 0.6 is 0 Å². The molecule has 2 fully saturated rings. The number of aromatic nitrogens is 1. The van der Waals surface area contributed by atoms with Crippen molar-refractivity contribution in [1.29, 1.82) is 0 Å². The molecule has 2 aliphatic heterocycles. The highest BCUT2D eigenvalue weighted by Gasteiger charge is 2.54. The summed E-state index contributed by atoms with van der Waals surface area (Å²) in [6.07, 6.45) is 2.00. The highest BCUT2D eigenvalue weighted by molar-refractivity contribution is 6.03. The fourth-order valence-corrected chi connectivity index (χ4v) is 5.35. The van der Waals surface area contributed by atoms with Gasteiger partial charge in [-0.1, -0.05) is 26.8 Å². The van der Waals surface area contributed by atoms with Crippen LogP contribution in [0.4, 0.5) is 10.1 Å². The molecule has 8 heteroatoms. The van der Waals surface area contributed by atoms with Crippen LogP contribution in [0.5, 0.6) is 11.5 Å². The van der Waals surface area contributed by atoms with Gasteiger partial charge in [0.15, 0.2) is 17.3 Å². The zero-order valence-electron chi connectivity index (χ0n) is 20.1. The highest BCUT2D eigenvalue weighted by atomic mass is 19.1. The minimum atomic E-state index is -0.902. The number of benzene rings is 2. The van der Waals surface area contributed by atoms with Crippen LogP contribution in [0.1, 0.15) is 57.3 Å². The number of carbonyl (C=O) groups excluding carboxylic acids is 1. The van der Waals surface area contributed by atoms with Gasteiger partial charge in [0.2, 0.25) is 6.79 Å². The molecule has 1 aromatic heterocycles. The molecule has 3 aromatic rings. The maximum absolute atomic E-state index is 15.5. The van der Waals surface area contributed by atoms with Crippen LogP contribution in [0, 0.1) is 5.82 Å². The van der Waals surface area contributed by atoms with Crippen molar-refractivity contribution in [1.82, 2.24) is 4.57 Å². The third-order valence-corrected chi connectivity index (χ3v) is 7.45. The van der Waals surface area contributed by atoms with E-state index < -0.39 is 17.1 Å². The number of ether oxygens (including phenoxy) is 3. The van der Waals surface area contributed by atoms with Gasteiger partial charge in [-0.05, 0) is 49.1 Å². The molecule has 6 rings (SSSR count). The largest absolute Gasteiger partial charge is 0.454 e. The Kier molecular flexibility index (Phi) is 4.92. The van der Waals surface area contributed by atoms with Crippen molar-refractivity contribution in [2.45, 2.75) is 56.9 Å². The molecule has 2 aromatic carbocycles. The minimum Gasteiger partial charge on any atom is -0.454 e. The van der Waals surface area contributed by atoms with Crippen LogP contribution in [0.25, 0.3) is 10.9 Å². The Morgan fingerprint density at radius 1 is 1.14 bits per heavy atom. The number of amides is 1. The second-order valence-corrected chi connectivity index (χ2v) is 10.8. The van der Waals surface area contributed by atoms with Crippen molar-refractivity contribution in [3.63, 3.8) is 0 Å². The SMILES string of the molecule is CC(C)(C)c1cc2cc(N(O)C(=O)C3(c4ccc5c(c4)OCO5)CC3)c(F)cc2n1C1CCOC1. The lowest BCUT2D eigenvalue weighted by atomic mass is 9.91. The van der Waals surface area contributed by atoms with Gasteiger partial charge in [0.1, 0.15) is 5.69 Å². The van der Waals surface area contributed by atoms with E-state index in [1.54, 1.807) is 18.2 Å². The first-order valence-electron chi connectivity index (χ1n) is 12.1. The molecule has 1 atom stereocenters. The van der Waals surface area contributed by atoms with Crippen molar-refractivity contribution in [2.75, 3.05) is 25.1 Å². The third kappa shape index (κ3) is 3.50. The van der Waals surface area contributed by atoms with Gasteiger partial charge in [0.25, 0.3) is 5.91 Å². The summed E-state index contributed by atoms with van der Waals surface area (Å²) < 4.78 is 34.1. The number of carbonyl (C=O) groups is 1. The smallest absolute Gasteiger partial charge is 0.261 e. The van der Waals surface area contributed by atoms with Crippen molar-refractivity contribution in [2.24, 2.45) is 0 Å². The molecule has 1 aliphatic carbocycles. The lowest BCUT2D eigenvalue weighted by molar-refractivity contribution is -0.126. The maximum Gasteiger partial charge on any atom is 0.261 e. The quantitative estimate of drug-likeness (QED) is 0.409. The lowest BCUT2D eigenvalue weighted by Gasteiger charge is -2.25. The number of hydrogen-bond acceptors (Lipinski definition) is 5. The molecule has 0 bridgehead atoms. The first-order valence-corrected chi connectivity index (χ1v) is 12.1. The normalized spacial score (nSPS) is 20.4. The molecule has 35 heavy (non-hydrogen) atoms. The molecule has 1 amide bonds. The zero-order valence-corrected chi connectivity index (χ0v) is 20.1. The first kappa shape index (κ1) is 22.4. The summed E-state index contributed by atoms with van der Waals surface area (Å²) >= 11 is 0. The van der Waals surface area contributed by atoms with Gasteiger partial charge in [-0.15, -0.1) is 0 Å². The van der Waals surface area contributed by atoms with Crippen LogP contribution in [0.2, 0.25) is 0 Å². The summed E-state index contributed by atoms with van der Waals surface area (Å²) in [5.41, 5.74) is 1.31. The Morgan fingerprint density at radius 2 is 1.91 bits per heavy atom. The van der Waals surface area contributed by atoms with Gasteiger partial charge in [-0.2, -0.15) is 5.06 Å². The first-order chi connectivity index (χ1) is 16.7. The van der Waals surface area contributed by atoms with Crippen molar-refractivity contribution in [3.05, 3.63) is 53.5 Å². The van der Waals surface area contributed by atoms with Gasteiger partial charge in [0.05, 0.1) is 23.6 Å². The summed E-state index contributed by atoms with van der Waals surface area (Å²) in [5, 5.41) is 12.2. The third-order valence-electron chi connectivity index (χ3n) is 7.45. The predicted octanol–water partition coefficient (Wildman–Crippen LogP) is 5.22. The molecule has 0 radical (unpaired) electrons. The summed E-state index contributed by atoms with van der Waals surface area (Å²) in [7, 11) is 0. The van der Waals surface area contributed by atoms with Crippen molar-refractivity contribution < 1.29 is 28.6 Å². The van der Waals surface area contributed by atoms with E-state index in [1.165, 1.54) is 6.07 Å². The average Bonchev–Trinajstić information content (AvgIpc) is 3.18. The molecule has 1 unspecified atom stereocenters. The maximum atomic E-state index is 15.5. The van der Waals surface area contributed by atoms with E-state index in [0.717, 1.165) is 28.6 Å². The van der Waals surface area contributed by atoms with Gasteiger partial charge in [0, 0.05) is 29.2 Å². The Hall–Kier alpha value is -3.10. The van der Waals surface area contributed by atoms with Crippen LogP contribution < -0.4 is 14.5 Å². The molecular weight excluding hydrogens is 451 g/mol. The van der Waals surface area contributed by atoms with E-state index in [2.05, 4.69) is 25.3 Å². The van der Waals surface area contributed by atoms with Crippen molar-refractivity contribution in [3.8, 4) is 11.5 Å². The minimum absolute atomic E-state index is 0.125. The summed E-state index contributed by atoms with van der Waals surface area (Å²) in [5.74, 6) is 0.00892. The van der Waals surface area contributed by atoms with Crippen LogP contribution in [0.3, 0.4) is 0 Å². The van der Waals surface area contributed by atoms with Crippen molar-refractivity contribution >= 4 is 22.5 Å². The second kappa shape index (κ2) is 7.70. The molecule has 3 aliphatic rings. The Bertz CT molecular complexity index is 1330. The summed E-state index contributed by atoms with van der Waals surface area (Å²) in [6, 6.07) is 10.5. The molecule has 7 nitrogen and oxygen atoms in total. The van der Waals surface area contributed by atoms with E-state index in [4.69, 9.17) is 14.2 Å². The predicted molar refractivity (Wildman–Crippen MR) is 128 cm³/mol. The van der Waals surface area contributed by atoms with E-state index in [1.807, 2.05) is 12.1 Å². The van der Waals surface area contributed by atoms with Gasteiger partial charge < -0.3 is 18.8 Å². The van der Waals surface area contributed by atoms with E-state index in [-0.39, 0.29) is 23.9 Å². The Morgan fingerprint density at radius 3 is 2.60 bits per heavy atom. The second-order valence-electron chi connectivity index (χ2n) is 10.8. The van der Waals surface area contributed by atoms with Gasteiger partial charge >= 0.3 is 0 Å². The molecule has 184 valence electrons. The number of nitrogens with zero attached hydrogens (tertiary/aromatic N) is 2. The van der Waals surface area contributed by atoms with E-state index in [0.29, 0.717) is 42.6 Å². The number of halogens is 1.